The predicted molar refractivity (Wildman–Crippen MR) is 107 cm³/mol. The van der Waals surface area contributed by atoms with Crippen LogP contribution in [-0.2, 0) is 0 Å². The summed E-state index contributed by atoms with van der Waals surface area (Å²) in [4.78, 5) is 20.4. The van der Waals surface area contributed by atoms with E-state index in [1.807, 2.05) is 24.3 Å². The van der Waals surface area contributed by atoms with E-state index in [-0.39, 0.29) is 0 Å². The van der Waals surface area contributed by atoms with Gasteiger partial charge in [0, 0.05) is 29.2 Å². The molecule has 0 bridgehead atoms. The standard InChI is InChI=1S/C20H19N5O3/c1-27-17-9-8-15(10-18(17)28-2)19-21-11-14(12-22-19)13-23-25-20(26)24-16-6-4-3-5-7-16/h3-13H,1-2H3,(H2,24,25,26)/b23-13+. The molecule has 2 aromatic carbocycles. The largest absolute Gasteiger partial charge is 0.493 e. The zero-order chi connectivity index (χ0) is 19.8. The number of para-hydroxylation sites is 1. The van der Waals surface area contributed by atoms with E-state index in [9.17, 15) is 4.79 Å². The molecule has 0 saturated heterocycles. The number of amides is 2. The van der Waals surface area contributed by atoms with Crippen LogP contribution in [0.25, 0.3) is 11.4 Å². The lowest BCUT2D eigenvalue weighted by molar-refractivity contribution is 0.252. The number of ether oxygens (including phenoxy) is 2. The maximum atomic E-state index is 11.8. The summed E-state index contributed by atoms with van der Waals surface area (Å²) in [5, 5.41) is 6.55. The summed E-state index contributed by atoms with van der Waals surface area (Å²) >= 11 is 0. The van der Waals surface area contributed by atoms with Crippen molar-refractivity contribution < 1.29 is 14.3 Å². The number of nitrogens with one attached hydrogen (secondary N) is 2. The maximum absolute atomic E-state index is 11.8. The minimum Gasteiger partial charge on any atom is -0.493 e. The number of urea groups is 1. The van der Waals surface area contributed by atoms with Crippen LogP contribution < -0.4 is 20.2 Å². The van der Waals surface area contributed by atoms with E-state index in [4.69, 9.17) is 9.47 Å². The highest BCUT2D eigenvalue weighted by Gasteiger charge is 2.08. The highest BCUT2D eigenvalue weighted by atomic mass is 16.5. The number of methoxy groups -OCH3 is 2. The molecule has 0 saturated carbocycles. The van der Waals surface area contributed by atoms with Crippen LogP contribution in [-0.4, -0.2) is 36.4 Å². The van der Waals surface area contributed by atoms with Crippen molar-refractivity contribution in [2.75, 3.05) is 19.5 Å². The molecule has 3 rings (SSSR count). The van der Waals surface area contributed by atoms with E-state index in [2.05, 4.69) is 25.8 Å². The number of carbonyl (C=O) groups is 1. The highest BCUT2D eigenvalue weighted by molar-refractivity contribution is 5.90. The quantitative estimate of drug-likeness (QED) is 0.507. The van der Waals surface area contributed by atoms with E-state index in [0.717, 1.165) is 5.56 Å². The zero-order valence-electron chi connectivity index (χ0n) is 15.4. The van der Waals surface area contributed by atoms with E-state index in [0.29, 0.717) is 28.6 Å². The Hall–Kier alpha value is -3.94. The third-order valence-corrected chi connectivity index (χ3v) is 3.72. The fourth-order valence-corrected chi connectivity index (χ4v) is 2.38. The Labute approximate surface area is 162 Å². The number of aromatic nitrogens is 2. The molecule has 0 aliphatic carbocycles. The molecule has 0 aliphatic heterocycles. The molecular weight excluding hydrogens is 358 g/mol. The molecular formula is C20H19N5O3. The molecule has 0 atom stereocenters. The fourth-order valence-electron chi connectivity index (χ4n) is 2.38. The second-order valence-corrected chi connectivity index (χ2v) is 5.60. The average Bonchev–Trinajstić information content (AvgIpc) is 2.74. The Morgan fingerprint density at radius 2 is 1.71 bits per heavy atom. The van der Waals surface area contributed by atoms with Gasteiger partial charge in [-0.2, -0.15) is 5.10 Å². The Morgan fingerprint density at radius 3 is 2.39 bits per heavy atom. The molecule has 0 spiro atoms. The van der Waals surface area contributed by atoms with Crippen molar-refractivity contribution in [3.8, 4) is 22.9 Å². The van der Waals surface area contributed by atoms with Crippen molar-refractivity contribution in [3.05, 3.63) is 66.5 Å². The number of nitrogens with zero attached hydrogens (tertiary/aromatic N) is 3. The van der Waals surface area contributed by atoms with Gasteiger partial charge < -0.3 is 14.8 Å². The molecule has 0 aliphatic rings. The van der Waals surface area contributed by atoms with Crippen LogP contribution in [0.5, 0.6) is 11.5 Å². The van der Waals surface area contributed by atoms with Gasteiger partial charge in [0.25, 0.3) is 0 Å². The number of carbonyl (C=O) groups excluding carboxylic acids is 1. The summed E-state index contributed by atoms with van der Waals surface area (Å²) in [5.74, 6) is 1.77. The number of hydrogen-bond donors (Lipinski definition) is 2. The van der Waals surface area contributed by atoms with Gasteiger partial charge in [-0.05, 0) is 30.3 Å². The summed E-state index contributed by atoms with van der Waals surface area (Å²) in [7, 11) is 3.15. The molecule has 2 amide bonds. The maximum Gasteiger partial charge on any atom is 0.339 e. The van der Waals surface area contributed by atoms with Crippen LogP contribution in [0, 0.1) is 0 Å². The number of hydrazone groups is 1. The molecule has 0 radical (unpaired) electrons. The second-order valence-electron chi connectivity index (χ2n) is 5.60. The molecule has 28 heavy (non-hydrogen) atoms. The molecule has 8 nitrogen and oxygen atoms in total. The summed E-state index contributed by atoms with van der Waals surface area (Å²) in [6.45, 7) is 0. The Kier molecular flexibility index (Phi) is 6.14. The normalized spacial score (nSPS) is 10.5. The Morgan fingerprint density at radius 1 is 1.00 bits per heavy atom. The van der Waals surface area contributed by atoms with E-state index in [1.54, 1.807) is 50.9 Å². The molecule has 2 N–H and O–H groups in total. The molecule has 8 heteroatoms. The van der Waals surface area contributed by atoms with Crippen LogP contribution in [0.1, 0.15) is 5.56 Å². The fraction of sp³-hybridized carbons (Fsp3) is 0.100. The van der Waals surface area contributed by atoms with E-state index in [1.165, 1.54) is 6.21 Å². The second kappa shape index (κ2) is 9.13. The van der Waals surface area contributed by atoms with Crippen LogP contribution in [0.3, 0.4) is 0 Å². The average molecular weight is 377 g/mol. The van der Waals surface area contributed by atoms with Crippen molar-refractivity contribution >= 4 is 17.9 Å². The molecule has 0 unspecified atom stereocenters. The topological polar surface area (TPSA) is 97.7 Å². The van der Waals surface area contributed by atoms with Crippen molar-refractivity contribution in [3.63, 3.8) is 0 Å². The van der Waals surface area contributed by atoms with Gasteiger partial charge >= 0.3 is 6.03 Å². The summed E-state index contributed by atoms with van der Waals surface area (Å²) in [5.41, 5.74) is 4.50. The first kappa shape index (κ1) is 18.8. The molecule has 142 valence electrons. The van der Waals surface area contributed by atoms with Crippen LogP contribution in [0.15, 0.2) is 66.0 Å². The monoisotopic (exact) mass is 377 g/mol. The van der Waals surface area contributed by atoms with Gasteiger partial charge in [0.05, 0.1) is 20.4 Å². The molecule has 1 aromatic heterocycles. The summed E-state index contributed by atoms with van der Waals surface area (Å²) < 4.78 is 10.5. The van der Waals surface area contributed by atoms with Crippen LogP contribution in [0.4, 0.5) is 10.5 Å². The molecule has 1 heterocycles. The van der Waals surface area contributed by atoms with Crippen molar-refractivity contribution in [2.45, 2.75) is 0 Å². The van der Waals surface area contributed by atoms with Gasteiger partial charge in [0.1, 0.15) is 0 Å². The van der Waals surface area contributed by atoms with Gasteiger partial charge in [-0.15, -0.1) is 0 Å². The number of hydrogen-bond acceptors (Lipinski definition) is 6. The van der Waals surface area contributed by atoms with Crippen LogP contribution >= 0.6 is 0 Å². The molecule has 0 fully saturated rings. The third-order valence-electron chi connectivity index (χ3n) is 3.72. The Bertz CT molecular complexity index is 959. The number of anilines is 1. The van der Waals surface area contributed by atoms with Crippen molar-refractivity contribution in [1.29, 1.82) is 0 Å². The smallest absolute Gasteiger partial charge is 0.339 e. The summed E-state index contributed by atoms with van der Waals surface area (Å²) in [6, 6.07) is 14.1. The lowest BCUT2D eigenvalue weighted by atomic mass is 10.2. The number of benzene rings is 2. The third kappa shape index (κ3) is 4.82. The van der Waals surface area contributed by atoms with Gasteiger partial charge in [-0.25, -0.2) is 20.2 Å². The van der Waals surface area contributed by atoms with Crippen molar-refractivity contribution in [1.82, 2.24) is 15.4 Å². The van der Waals surface area contributed by atoms with E-state index < -0.39 is 6.03 Å². The van der Waals surface area contributed by atoms with Gasteiger partial charge in [-0.3, -0.25) is 0 Å². The highest BCUT2D eigenvalue weighted by Crippen LogP contribution is 2.30. The minimum absolute atomic E-state index is 0.440. The lowest BCUT2D eigenvalue weighted by Gasteiger charge is -2.08. The van der Waals surface area contributed by atoms with Gasteiger partial charge in [0.15, 0.2) is 17.3 Å². The minimum atomic E-state index is -0.440. The first-order valence-electron chi connectivity index (χ1n) is 8.39. The number of rotatable bonds is 6. The van der Waals surface area contributed by atoms with E-state index >= 15 is 0 Å². The van der Waals surface area contributed by atoms with Crippen LogP contribution in [0.2, 0.25) is 0 Å². The van der Waals surface area contributed by atoms with Crippen molar-refractivity contribution in [2.24, 2.45) is 5.10 Å². The zero-order valence-corrected chi connectivity index (χ0v) is 15.4. The van der Waals surface area contributed by atoms with Gasteiger partial charge in [0.2, 0.25) is 0 Å². The summed E-state index contributed by atoms with van der Waals surface area (Å²) in [6.07, 6.45) is 4.68. The lowest BCUT2D eigenvalue weighted by Crippen LogP contribution is -2.24. The first-order valence-corrected chi connectivity index (χ1v) is 8.39. The Balaban J connectivity index is 1.61. The first-order chi connectivity index (χ1) is 13.7. The SMILES string of the molecule is COc1ccc(-c2ncc(/C=N/NC(=O)Nc3ccccc3)cn2)cc1OC. The van der Waals surface area contributed by atoms with Gasteiger partial charge in [-0.1, -0.05) is 18.2 Å². The predicted octanol–water partition coefficient (Wildman–Crippen LogP) is 3.32. The molecule has 3 aromatic rings.